The van der Waals surface area contributed by atoms with Gasteiger partial charge in [-0.3, -0.25) is 15.0 Å². The molecule has 0 aliphatic carbocycles. The Hall–Kier alpha value is -3.46. The molecule has 0 fully saturated rings. The molecule has 0 amide bonds. The molecule has 152 valence electrons. The highest BCUT2D eigenvalue weighted by atomic mass is 16.6. The summed E-state index contributed by atoms with van der Waals surface area (Å²) < 4.78 is 16.6. The lowest BCUT2D eigenvalue weighted by atomic mass is 10.1. The maximum absolute atomic E-state index is 10.8. The second kappa shape index (κ2) is 8.70. The van der Waals surface area contributed by atoms with Crippen molar-refractivity contribution >= 4 is 5.69 Å². The minimum absolute atomic E-state index is 0.00817. The van der Waals surface area contributed by atoms with Crippen molar-refractivity contribution < 1.29 is 18.8 Å². The molecule has 1 atom stereocenters. The van der Waals surface area contributed by atoms with Crippen molar-refractivity contribution in [2.24, 2.45) is 0 Å². The molecule has 1 aromatic heterocycles. The van der Waals surface area contributed by atoms with Crippen molar-refractivity contribution in [3.63, 3.8) is 0 Å². The molecule has 1 heterocycles. The molecule has 9 heteroatoms. The molecule has 29 heavy (non-hydrogen) atoms. The van der Waals surface area contributed by atoms with Gasteiger partial charge in [0.15, 0.2) is 11.5 Å². The van der Waals surface area contributed by atoms with Gasteiger partial charge in [0.1, 0.15) is 0 Å². The van der Waals surface area contributed by atoms with Crippen LogP contribution in [0, 0.1) is 10.1 Å². The van der Waals surface area contributed by atoms with Crippen molar-refractivity contribution in [1.29, 1.82) is 0 Å². The number of rotatable bonds is 8. The second-order valence-electron chi connectivity index (χ2n) is 6.49. The molecule has 0 bridgehead atoms. The van der Waals surface area contributed by atoms with Crippen LogP contribution < -0.4 is 9.47 Å². The third-order valence-electron chi connectivity index (χ3n) is 4.69. The maximum Gasteiger partial charge on any atom is 0.269 e. The summed E-state index contributed by atoms with van der Waals surface area (Å²) in [4.78, 5) is 12.4. The molecule has 0 N–H and O–H groups in total. The molecule has 0 saturated carbocycles. The van der Waals surface area contributed by atoms with Gasteiger partial charge in [-0.25, -0.2) is 0 Å². The number of nitrogens with zero attached hydrogens (tertiary/aromatic N) is 4. The first-order valence-corrected chi connectivity index (χ1v) is 8.93. The van der Waals surface area contributed by atoms with Crippen LogP contribution in [0.2, 0.25) is 0 Å². The zero-order valence-electron chi connectivity index (χ0n) is 16.7. The number of hydrogen-bond acceptors (Lipinski definition) is 8. The summed E-state index contributed by atoms with van der Waals surface area (Å²) in [5.41, 5.74) is 1.60. The van der Waals surface area contributed by atoms with Gasteiger partial charge in [0.2, 0.25) is 11.8 Å². The summed E-state index contributed by atoms with van der Waals surface area (Å²) in [5.74, 6) is 2.12. The van der Waals surface area contributed by atoms with E-state index in [0.29, 0.717) is 35.4 Å². The smallest absolute Gasteiger partial charge is 0.269 e. The Labute approximate surface area is 168 Å². The van der Waals surface area contributed by atoms with Gasteiger partial charge in [0.05, 0.1) is 25.2 Å². The van der Waals surface area contributed by atoms with Gasteiger partial charge in [0, 0.05) is 29.8 Å². The van der Waals surface area contributed by atoms with Gasteiger partial charge in [-0.15, -0.1) is 10.2 Å². The van der Waals surface area contributed by atoms with Crippen molar-refractivity contribution in [3.8, 4) is 23.0 Å². The van der Waals surface area contributed by atoms with Gasteiger partial charge in [-0.05, 0) is 32.2 Å². The Kier molecular flexibility index (Phi) is 6.08. The summed E-state index contributed by atoms with van der Waals surface area (Å²) in [6.07, 6.45) is 0. The number of ether oxygens (including phenoxy) is 2. The first kappa shape index (κ1) is 20.3. The summed E-state index contributed by atoms with van der Waals surface area (Å²) in [7, 11) is 5.16. The van der Waals surface area contributed by atoms with Gasteiger partial charge in [0.25, 0.3) is 5.69 Å². The number of nitro benzene ring substituents is 1. The maximum atomic E-state index is 10.8. The topological polar surface area (TPSA) is 104 Å². The van der Waals surface area contributed by atoms with E-state index in [1.807, 2.05) is 37.1 Å². The molecule has 9 nitrogen and oxygen atoms in total. The van der Waals surface area contributed by atoms with Crippen LogP contribution in [-0.4, -0.2) is 41.3 Å². The van der Waals surface area contributed by atoms with Crippen LogP contribution in [0.5, 0.6) is 11.5 Å². The van der Waals surface area contributed by atoms with Crippen LogP contribution in [0.3, 0.4) is 0 Å². The number of non-ortho nitro benzene ring substituents is 1. The quantitative estimate of drug-likeness (QED) is 0.416. The molecule has 1 unspecified atom stereocenters. The van der Waals surface area contributed by atoms with E-state index in [4.69, 9.17) is 13.9 Å². The van der Waals surface area contributed by atoms with Crippen LogP contribution in [0.15, 0.2) is 46.9 Å². The van der Waals surface area contributed by atoms with E-state index in [1.54, 1.807) is 26.4 Å². The Balaban J connectivity index is 1.76. The van der Waals surface area contributed by atoms with E-state index in [2.05, 4.69) is 10.2 Å². The first-order chi connectivity index (χ1) is 13.9. The van der Waals surface area contributed by atoms with Gasteiger partial charge in [-0.2, -0.15) is 0 Å². The number of nitro groups is 1. The van der Waals surface area contributed by atoms with E-state index in [0.717, 1.165) is 5.56 Å². The molecule has 0 radical (unpaired) electrons. The van der Waals surface area contributed by atoms with Gasteiger partial charge >= 0.3 is 0 Å². The van der Waals surface area contributed by atoms with E-state index < -0.39 is 4.92 Å². The highest BCUT2D eigenvalue weighted by molar-refractivity contribution is 5.55. The van der Waals surface area contributed by atoms with Crippen LogP contribution in [0.1, 0.15) is 24.4 Å². The Morgan fingerprint density at radius 3 is 2.48 bits per heavy atom. The van der Waals surface area contributed by atoms with Crippen LogP contribution in [-0.2, 0) is 6.54 Å². The lowest BCUT2D eigenvalue weighted by molar-refractivity contribution is -0.384. The molecule has 3 rings (SSSR count). The molecule has 0 saturated heterocycles. The van der Waals surface area contributed by atoms with Crippen molar-refractivity contribution in [3.05, 3.63) is 64.0 Å². The molecule has 0 aliphatic rings. The van der Waals surface area contributed by atoms with E-state index in [-0.39, 0.29) is 11.7 Å². The van der Waals surface area contributed by atoms with Gasteiger partial charge in [-0.1, -0.05) is 12.1 Å². The summed E-state index contributed by atoms with van der Waals surface area (Å²) in [6, 6.07) is 11.6. The van der Waals surface area contributed by atoms with E-state index >= 15 is 0 Å². The van der Waals surface area contributed by atoms with E-state index in [1.165, 1.54) is 12.1 Å². The minimum Gasteiger partial charge on any atom is -0.493 e. The Morgan fingerprint density at radius 2 is 1.86 bits per heavy atom. The molecule has 0 aliphatic heterocycles. The lowest BCUT2D eigenvalue weighted by Gasteiger charge is -2.23. The lowest BCUT2D eigenvalue weighted by Crippen LogP contribution is -2.22. The zero-order valence-corrected chi connectivity index (χ0v) is 16.7. The van der Waals surface area contributed by atoms with Crippen LogP contribution in [0.25, 0.3) is 11.5 Å². The molecule has 0 spiro atoms. The number of para-hydroxylation sites is 1. The largest absolute Gasteiger partial charge is 0.493 e. The fourth-order valence-electron chi connectivity index (χ4n) is 2.92. The predicted molar refractivity (Wildman–Crippen MR) is 106 cm³/mol. The van der Waals surface area contributed by atoms with Crippen molar-refractivity contribution in [2.45, 2.75) is 19.5 Å². The minimum atomic E-state index is -0.451. The molecular weight excluding hydrogens is 376 g/mol. The number of hydrogen-bond donors (Lipinski definition) is 0. The van der Waals surface area contributed by atoms with Crippen molar-refractivity contribution in [1.82, 2.24) is 15.1 Å². The molecular formula is C20H22N4O5. The average Bonchev–Trinajstić information content (AvgIpc) is 3.23. The summed E-state index contributed by atoms with van der Waals surface area (Å²) in [5, 5.41) is 19.0. The van der Waals surface area contributed by atoms with Gasteiger partial charge < -0.3 is 13.9 Å². The highest BCUT2D eigenvalue weighted by Gasteiger charge is 2.21. The number of aromatic nitrogens is 2. The van der Waals surface area contributed by atoms with Crippen LogP contribution >= 0.6 is 0 Å². The fraction of sp³-hybridized carbons (Fsp3) is 0.300. The van der Waals surface area contributed by atoms with Crippen LogP contribution in [0.4, 0.5) is 5.69 Å². The highest BCUT2D eigenvalue weighted by Crippen LogP contribution is 2.33. The summed E-state index contributed by atoms with van der Waals surface area (Å²) in [6.45, 7) is 2.54. The third-order valence-corrected chi connectivity index (χ3v) is 4.69. The monoisotopic (exact) mass is 398 g/mol. The molecule has 2 aromatic carbocycles. The molecule has 3 aromatic rings. The Morgan fingerprint density at radius 1 is 1.14 bits per heavy atom. The first-order valence-electron chi connectivity index (χ1n) is 8.93. The SMILES string of the molecule is COc1cccc(CN(C)C(C)c2nnc(-c3ccc([N+](=O)[O-])cc3)o2)c1OC. The fourth-order valence-corrected chi connectivity index (χ4v) is 2.92. The third kappa shape index (κ3) is 4.35. The average molecular weight is 398 g/mol. The zero-order chi connectivity index (χ0) is 21.0. The number of benzene rings is 2. The van der Waals surface area contributed by atoms with Crippen molar-refractivity contribution in [2.75, 3.05) is 21.3 Å². The Bertz CT molecular complexity index is 987. The predicted octanol–water partition coefficient (Wildman–Crippen LogP) is 3.86. The number of methoxy groups -OCH3 is 2. The summed E-state index contributed by atoms with van der Waals surface area (Å²) >= 11 is 0. The van der Waals surface area contributed by atoms with E-state index in [9.17, 15) is 10.1 Å². The normalized spacial score (nSPS) is 12.0. The standard InChI is InChI=1S/C20H22N4O5/c1-13(23(2)12-15-6-5-7-17(27-3)18(15)28-4)19-21-22-20(29-19)14-8-10-16(11-9-14)24(25)26/h5-11,13H,12H2,1-4H3. The second-order valence-corrected chi connectivity index (χ2v) is 6.49.